The minimum atomic E-state index is -0.133. The summed E-state index contributed by atoms with van der Waals surface area (Å²) in [5, 5.41) is 2.96. The molecular weight excluding hydrogens is 360 g/mol. The fourth-order valence-corrected chi connectivity index (χ4v) is 3.61. The highest BCUT2D eigenvalue weighted by molar-refractivity contribution is 6.04. The molecule has 5 nitrogen and oxygen atoms in total. The number of amides is 1. The van der Waals surface area contributed by atoms with Gasteiger partial charge in [-0.25, -0.2) is 0 Å². The molecule has 0 aliphatic carbocycles. The van der Waals surface area contributed by atoms with Crippen LogP contribution in [0.1, 0.15) is 22.8 Å². The smallest absolute Gasteiger partial charge is 0.257 e. The maximum atomic E-state index is 12.7. The Balaban J connectivity index is 1.40. The summed E-state index contributed by atoms with van der Waals surface area (Å²) in [6.45, 7) is 5.82. The van der Waals surface area contributed by atoms with E-state index in [9.17, 15) is 4.79 Å². The Kier molecular flexibility index (Phi) is 5.75. The van der Waals surface area contributed by atoms with Gasteiger partial charge in [0.1, 0.15) is 0 Å². The number of pyridine rings is 1. The largest absolute Gasteiger partial charge is 0.368 e. The molecule has 1 aliphatic rings. The molecule has 0 bridgehead atoms. The van der Waals surface area contributed by atoms with Crippen molar-refractivity contribution in [2.24, 2.45) is 0 Å². The van der Waals surface area contributed by atoms with Crippen LogP contribution in [0.25, 0.3) is 0 Å². The van der Waals surface area contributed by atoms with Crippen molar-refractivity contribution in [2.75, 3.05) is 41.3 Å². The molecule has 0 saturated carbocycles. The number of piperazine rings is 1. The molecule has 29 heavy (non-hydrogen) atoms. The average Bonchev–Trinajstić information content (AvgIpc) is 2.80. The van der Waals surface area contributed by atoms with E-state index in [-0.39, 0.29) is 5.91 Å². The number of rotatable bonds is 5. The zero-order valence-corrected chi connectivity index (χ0v) is 16.7. The lowest BCUT2D eigenvalue weighted by Crippen LogP contribution is -2.46. The average molecular weight is 386 g/mol. The number of nitrogens with one attached hydrogen (secondary N) is 1. The van der Waals surface area contributed by atoms with E-state index in [0.29, 0.717) is 5.56 Å². The fourth-order valence-electron chi connectivity index (χ4n) is 3.61. The Bertz CT molecular complexity index is 948. The second-order valence-electron chi connectivity index (χ2n) is 7.25. The standard InChI is InChI=1S/C24H26N4O/c1-2-19-8-10-21(11-9-19)26-24(29)20-16-23(18-25-17-20)28-14-12-27(13-15-28)22-6-4-3-5-7-22/h3-11,16-18H,2,12-15H2,1H3,(H,26,29). The monoisotopic (exact) mass is 386 g/mol. The van der Waals surface area contributed by atoms with Gasteiger partial charge in [0.15, 0.2) is 0 Å². The van der Waals surface area contributed by atoms with Gasteiger partial charge in [-0.2, -0.15) is 0 Å². The highest BCUT2D eigenvalue weighted by atomic mass is 16.1. The van der Waals surface area contributed by atoms with Gasteiger partial charge < -0.3 is 15.1 Å². The van der Waals surface area contributed by atoms with Crippen molar-refractivity contribution in [1.82, 2.24) is 4.98 Å². The van der Waals surface area contributed by atoms with Crippen molar-refractivity contribution >= 4 is 23.0 Å². The lowest BCUT2D eigenvalue weighted by atomic mass is 10.1. The molecule has 2 aromatic carbocycles. The number of carbonyl (C=O) groups is 1. The van der Waals surface area contributed by atoms with Gasteiger partial charge in [-0.3, -0.25) is 9.78 Å². The third-order valence-electron chi connectivity index (χ3n) is 5.37. The number of carbonyl (C=O) groups excluding carboxylic acids is 1. The van der Waals surface area contributed by atoms with Gasteiger partial charge in [0, 0.05) is 43.8 Å². The van der Waals surface area contributed by atoms with E-state index in [1.54, 1.807) is 6.20 Å². The molecule has 4 rings (SSSR count). The summed E-state index contributed by atoms with van der Waals surface area (Å²) in [4.78, 5) is 21.7. The maximum Gasteiger partial charge on any atom is 0.257 e. The Morgan fingerprint density at radius 1 is 0.897 bits per heavy atom. The normalized spacial score (nSPS) is 14.0. The highest BCUT2D eigenvalue weighted by Crippen LogP contribution is 2.21. The van der Waals surface area contributed by atoms with Crippen LogP contribution in [0.15, 0.2) is 73.1 Å². The molecule has 3 aromatic rings. The molecular formula is C24H26N4O. The lowest BCUT2D eigenvalue weighted by Gasteiger charge is -2.37. The first-order chi connectivity index (χ1) is 14.2. The van der Waals surface area contributed by atoms with E-state index < -0.39 is 0 Å². The number of hydrogen-bond acceptors (Lipinski definition) is 4. The Morgan fingerprint density at radius 2 is 1.55 bits per heavy atom. The number of nitrogens with zero attached hydrogens (tertiary/aromatic N) is 3. The van der Waals surface area contributed by atoms with Crippen LogP contribution in [-0.4, -0.2) is 37.1 Å². The lowest BCUT2D eigenvalue weighted by molar-refractivity contribution is 0.102. The molecule has 1 saturated heterocycles. The Hall–Kier alpha value is -3.34. The summed E-state index contributed by atoms with van der Waals surface area (Å²) in [6, 6.07) is 20.4. The van der Waals surface area contributed by atoms with Gasteiger partial charge in [-0.05, 0) is 42.3 Å². The summed E-state index contributed by atoms with van der Waals surface area (Å²) in [5.41, 5.74) is 4.88. The molecule has 1 aromatic heterocycles. The number of aromatic nitrogens is 1. The first-order valence-electron chi connectivity index (χ1n) is 10.1. The van der Waals surface area contributed by atoms with E-state index in [1.807, 2.05) is 42.6 Å². The molecule has 0 spiro atoms. The molecule has 1 aliphatic heterocycles. The number of benzene rings is 2. The van der Waals surface area contributed by atoms with Gasteiger partial charge in [-0.1, -0.05) is 37.3 Å². The minimum Gasteiger partial charge on any atom is -0.368 e. The van der Waals surface area contributed by atoms with Crippen molar-refractivity contribution in [1.29, 1.82) is 0 Å². The van der Waals surface area contributed by atoms with Gasteiger partial charge in [-0.15, -0.1) is 0 Å². The quantitative estimate of drug-likeness (QED) is 0.713. The molecule has 0 atom stereocenters. The van der Waals surface area contributed by atoms with Crippen LogP contribution in [0.5, 0.6) is 0 Å². The van der Waals surface area contributed by atoms with Crippen LogP contribution >= 0.6 is 0 Å². The van der Waals surface area contributed by atoms with E-state index in [2.05, 4.69) is 51.3 Å². The van der Waals surface area contributed by atoms with Crippen molar-refractivity contribution in [3.8, 4) is 0 Å². The molecule has 1 amide bonds. The molecule has 1 fully saturated rings. The predicted octanol–water partition coefficient (Wildman–Crippen LogP) is 4.22. The van der Waals surface area contributed by atoms with Gasteiger partial charge in [0.2, 0.25) is 0 Å². The van der Waals surface area contributed by atoms with Crippen LogP contribution in [-0.2, 0) is 6.42 Å². The molecule has 148 valence electrons. The first kappa shape index (κ1) is 19.0. The third-order valence-corrected chi connectivity index (χ3v) is 5.37. The van der Waals surface area contributed by atoms with Crippen LogP contribution in [0.3, 0.4) is 0 Å². The molecule has 2 heterocycles. The Labute approximate surface area is 172 Å². The number of hydrogen-bond donors (Lipinski definition) is 1. The molecule has 0 unspecified atom stereocenters. The number of para-hydroxylation sites is 1. The number of anilines is 3. The molecule has 1 N–H and O–H groups in total. The summed E-state index contributed by atoms with van der Waals surface area (Å²) in [6.07, 6.45) is 4.45. The SMILES string of the molecule is CCc1ccc(NC(=O)c2cncc(N3CCN(c4ccccc4)CC3)c2)cc1. The van der Waals surface area contributed by atoms with Gasteiger partial charge in [0.25, 0.3) is 5.91 Å². The molecule has 0 radical (unpaired) electrons. The first-order valence-corrected chi connectivity index (χ1v) is 10.1. The molecule has 5 heteroatoms. The maximum absolute atomic E-state index is 12.7. The van der Waals surface area contributed by atoms with E-state index in [4.69, 9.17) is 0 Å². The van der Waals surface area contributed by atoms with Gasteiger partial charge >= 0.3 is 0 Å². The zero-order chi connectivity index (χ0) is 20.1. The van der Waals surface area contributed by atoms with Crippen LogP contribution < -0.4 is 15.1 Å². The summed E-state index contributed by atoms with van der Waals surface area (Å²) in [5.74, 6) is -0.133. The third kappa shape index (κ3) is 4.57. The van der Waals surface area contributed by atoms with Crippen LogP contribution in [0.2, 0.25) is 0 Å². The predicted molar refractivity (Wildman–Crippen MR) is 119 cm³/mol. The van der Waals surface area contributed by atoms with Crippen molar-refractivity contribution in [3.63, 3.8) is 0 Å². The summed E-state index contributed by atoms with van der Waals surface area (Å²) in [7, 11) is 0. The summed E-state index contributed by atoms with van der Waals surface area (Å²) >= 11 is 0. The van der Waals surface area contributed by atoms with Crippen LogP contribution in [0.4, 0.5) is 17.1 Å². The second-order valence-corrected chi connectivity index (χ2v) is 7.25. The zero-order valence-electron chi connectivity index (χ0n) is 16.7. The Morgan fingerprint density at radius 3 is 2.21 bits per heavy atom. The number of aryl methyl sites for hydroxylation is 1. The van der Waals surface area contributed by atoms with E-state index in [0.717, 1.165) is 44.0 Å². The van der Waals surface area contributed by atoms with Crippen LogP contribution in [0, 0.1) is 0 Å². The van der Waals surface area contributed by atoms with E-state index >= 15 is 0 Å². The van der Waals surface area contributed by atoms with Crippen molar-refractivity contribution < 1.29 is 4.79 Å². The summed E-state index contributed by atoms with van der Waals surface area (Å²) < 4.78 is 0. The van der Waals surface area contributed by atoms with Crippen molar-refractivity contribution in [3.05, 3.63) is 84.2 Å². The topological polar surface area (TPSA) is 48.5 Å². The van der Waals surface area contributed by atoms with Crippen molar-refractivity contribution in [2.45, 2.75) is 13.3 Å². The van der Waals surface area contributed by atoms with E-state index in [1.165, 1.54) is 11.3 Å². The second kappa shape index (κ2) is 8.78. The minimum absolute atomic E-state index is 0.133. The highest BCUT2D eigenvalue weighted by Gasteiger charge is 2.18. The fraction of sp³-hybridized carbons (Fsp3) is 0.250. The van der Waals surface area contributed by atoms with Gasteiger partial charge in [0.05, 0.1) is 17.4 Å².